The molecule has 0 aliphatic carbocycles. The van der Waals surface area contributed by atoms with Crippen LogP contribution >= 0.6 is 0 Å². The number of hydrogen-bond donors (Lipinski definition) is 1. The molecule has 2 aromatic rings. The van der Waals surface area contributed by atoms with E-state index in [1.54, 1.807) is 11.1 Å². The number of aromatic amines is 1. The number of hydrogen-bond acceptors (Lipinski definition) is 3. The Morgan fingerprint density at radius 3 is 2.39 bits per heavy atom. The summed E-state index contributed by atoms with van der Waals surface area (Å²) < 4.78 is 54.1. The van der Waals surface area contributed by atoms with Gasteiger partial charge in [-0.2, -0.15) is 18.4 Å². The highest BCUT2D eigenvalue weighted by Gasteiger charge is 2.39. The topological polar surface area (TPSA) is 78.7 Å². The fraction of sp³-hybridized carbons (Fsp3) is 0.214. The summed E-state index contributed by atoms with van der Waals surface area (Å²) in [5.74, 6) is -1.17. The molecule has 5 nitrogen and oxygen atoms in total. The normalized spacial score (nSPS) is 11.3. The monoisotopic (exact) mass is 327 g/mol. The Hall–Kier alpha value is -2.89. The van der Waals surface area contributed by atoms with Crippen molar-refractivity contribution in [1.82, 2.24) is 9.55 Å². The van der Waals surface area contributed by atoms with Crippen LogP contribution in [0.15, 0.2) is 21.7 Å². The minimum atomic E-state index is -5.05. The third-order valence-corrected chi connectivity index (χ3v) is 3.30. The molecule has 0 aliphatic heterocycles. The van der Waals surface area contributed by atoms with Crippen LogP contribution in [0.1, 0.15) is 16.8 Å². The van der Waals surface area contributed by atoms with Crippen LogP contribution in [0.25, 0.3) is 11.1 Å². The van der Waals surface area contributed by atoms with E-state index in [1.165, 1.54) is 6.92 Å². The molecular weight excluding hydrogens is 318 g/mol. The van der Waals surface area contributed by atoms with Crippen molar-refractivity contribution in [2.75, 3.05) is 0 Å². The van der Waals surface area contributed by atoms with E-state index in [1.807, 2.05) is 0 Å². The first-order valence-electron chi connectivity index (χ1n) is 6.19. The second-order valence-electron chi connectivity index (χ2n) is 4.80. The minimum Gasteiger partial charge on any atom is -0.292 e. The summed E-state index contributed by atoms with van der Waals surface area (Å²) >= 11 is 0. The smallest absolute Gasteiger partial charge is 0.292 e. The van der Waals surface area contributed by atoms with Crippen molar-refractivity contribution >= 4 is 0 Å². The summed E-state index contributed by atoms with van der Waals surface area (Å²) in [6, 6.07) is 3.41. The molecule has 1 N–H and O–H groups in total. The minimum absolute atomic E-state index is 0.0685. The van der Waals surface area contributed by atoms with Gasteiger partial charge in [0.25, 0.3) is 5.56 Å². The van der Waals surface area contributed by atoms with Gasteiger partial charge in [-0.25, -0.2) is 9.18 Å². The number of nitrogens with one attached hydrogen (secondary N) is 1. The molecule has 120 valence electrons. The second-order valence-corrected chi connectivity index (χ2v) is 4.80. The van der Waals surface area contributed by atoms with Gasteiger partial charge in [0.2, 0.25) is 0 Å². The van der Waals surface area contributed by atoms with Crippen molar-refractivity contribution in [2.24, 2.45) is 7.05 Å². The van der Waals surface area contributed by atoms with Crippen molar-refractivity contribution in [1.29, 1.82) is 5.26 Å². The molecule has 0 amide bonds. The van der Waals surface area contributed by atoms with Gasteiger partial charge in [-0.1, -0.05) is 0 Å². The van der Waals surface area contributed by atoms with Crippen LogP contribution in [0.4, 0.5) is 17.6 Å². The molecule has 0 bridgehead atoms. The van der Waals surface area contributed by atoms with E-state index in [-0.39, 0.29) is 15.7 Å². The molecule has 23 heavy (non-hydrogen) atoms. The number of benzene rings is 1. The predicted octanol–water partition coefficient (Wildman–Crippen LogP) is 2.08. The van der Waals surface area contributed by atoms with Gasteiger partial charge in [-0.15, -0.1) is 0 Å². The molecule has 1 heterocycles. The number of alkyl halides is 3. The Morgan fingerprint density at radius 2 is 1.87 bits per heavy atom. The van der Waals surface area contributed by atoms with Gasteiger partial charge in [0.1, 0.15) is 11.5 Å². The molecule has 9 heteroatoms. The lowest BCUT2D eigenvalue weighted by molar-refractivity contribution is -0.143. The standard InChI is InChI=1S/C14H9F4N3O2/c1-6-3-8(9(15)4-7(6)5-19)10-11(14(16,17)18)21(2)13(23)20-12(10)22/h3-4H,1-2H3,(H,20,22,23). The quantitative estimate of drug-likeness (QED) is 0.815. The summed E-state index contributed by atoms with van der Waals surface area (Å²) in [5, 5.41) is 8.81. The third kappa shape index (κ3) is 2.75. The number of nitriles is 1. The molecule has 0 fully saturated rings. The van der Waals surface area contributed by atoms with Crippen LogP contribution in [-0.2, 0) is 13.2 Å². The average Bonchev–Trinajstić information content (AvgIpc) is 2.43. The fourth-order valence-electron chi connectivity index (χ4n) is 2.20. The maximum atomic E-state index is 14.1. The number of aromatic nitrogens is 2. The van der Waals surface area contributed by atoms with Gasteiger partial charge in [0.15, 0.2) is 0 Å². The molecule has 2 rings (SSSR count). The van der Waals surface area contributed by atoms with Crippen LogP contribution in [-0.4, -0.2) is 9.55 Å². The molecule has 0 radical (unpaired) electrons. The Morgan fingerprint density at radius 1 is 1.26 bits per heavy atom. The van der Waals surface area contributed by atoms with E-state index < -0.39 is 40.1 Å². The van der Waals surface area contributed by atoms with Gasteiger partial charge in [0.05, 0.1) is 17.2 Å². The van der Waals surface area contributed by atoms with Crippen LogP contribution < -0.4 is 11.2 Å². The number of nitrogens with zero attached hydrogens (tertiary/aromatic N) is 2. The molecule has 1 aromatic heterocycles. The zero-order valence-corrected chi connectivity index (χ0v) is 11.9. The zero-order chi connectivity index (χ0) is 17.5. The van der Waals surface area contributed by atoms with Crippen LogP contribution in [0.5, 0.6) is 0 Å². The summed E-state index contributed by atoms with van der Waals surface area (Å²) in [4.78, 5) is 25.0. The highest BCUT2D eigenvalue weighted by atomic mass is 19.4. The summed E-state index contributed by atoms with van der Waals surface area (Å²) in [6.07, 6.45) is -5.05. The van der Waals surface area contributed by atoms with E-state index in [0.29, 0.717) is 0 Å². The molecule has 0 saturated heterocycles. The molecule has 0 unspecified atom stereocenters. The predicted molar refractivity (Wildman–Crippen MR) is 72.2 cm³/mol. The Labute approximate surface area is 126 Å². The first-order valence-corrected chi connectivity index (χ1v) is 6.19. The second kappa shape index (κ2) is 5.39. The van der Waals surface area contributed by atoms with Crippen LogP contribution in [0.2, 0.25) is 0 Å². The molecule has 0 saturated carbocycles. The lowest BCUT2D eigenvalue weighted by atomic mass is 9.99. The molecule has 0 spiro atoms. The number of aryl methyl sites for hydroxylation is 1. The SMILES string of the molecule is Cc1cc(-c2c(C(F)(F)F)n(C)c(=O)[nH]c2=O)c(F)cc1C#N. The van der Waals surface area contributed by atoms with Gasteiger partial charge in [0, 0.05) is 12.6 Å². The van der Waals surface area contributed by atoms with E-state index in [0.717, 1.165) is 19.2 Å². The van der Waals surface area contributed by atoms with E-state index in [4.69, 9.17) is 5.26 Å². The highest BCUT2D eigenvalue weighted by molar-refractivity contribution is 5.68. The fourth-order valence-corrected chi connectivity index (χ4v) is 2.20. The van der Waals surface area contributed by atoms with E-state index >= 15 is 0 Å². The summed E-state index contributed by atoms with van der Waals surface area (Å²) in [5.41, 5.74) is -5.70. The lowest BCUT2D eigenvalue weighted by Crippen LogP contribution is -2.35. The molecule has 1 aromatic carbocycles. The Balaban J connectivity index is 2.99. The van der Waals surface area contributed by atoms with Crippen molar-refractivity contribution < 1.29 is 17.6 Å². The summed E-state index contributed by atoms with van der Waals surface area (Å²) in [6.45, 7) is 1.39. The third-order valence-electron chi connectivity index (χ3n) is 3.30. The largest absolute Gasteiger partial charge is 0.432 e. The van der Waals surface area contributed by atoms with Gasteiger partial charge in [-0.3, -0.25) is 14.3 Å². The maximum Gasteiger partial charge on any atom is 0.432 e. The van der Waals surface area contributed by atoms with E-state index in [2.05, 4.69) is 0 Å². The number of rotatable bonds is 1. The zero-order valence-electron chi connectivity index (χ0n) is 11.9. The first kappa shape index (κ1) is 16.5. The molecule has 0 atom stereocenters. The van der Waals surface area contributed by atoms with Gasteiger partial charge < -0.3 is 0 Å². The highest BCUT2D eigenvalue weighted by Crippen LogP contribution is 2.35. The number of H-pyrrole nitrogens is 1. The van der Waals surface area contributed by atoms with Crippen LogP contribution in [0.3, 0.4) is 0 Å². The molecular formula is C14H9F4N3O2. The van der Waals surface area contributed by atoms with Crippen molar-refractivity contribution in [3.63, 3.8) is 0 Å². The Kier molecular flexibility index (Phi) is 3.86. The summed E-state index contributed by atoms with van der Waals surface area (Å²) in [7, 11) is 0.818. The molecule has 0 aliphatic rings. The van der Waals surface area contributed by atoms with Crippen molar-refractivity contribution in [2.45, 2.75) is 13.1 Å². The van der Waals surface area contributed by atoms with Crippen molar-refractivity contribution in [3.8, 4) is 17.2 Å². The maximum absolute atomic E-state index is 14.1. The Bertz CT molecular complexity index is 949. The lowest BCUT2D eigenvalue weighted by Gasteiger charge is -2.16. The van der Waals surface area contributed by atoms with E-state index in [9.17, 15) is 27.2 Å². The van der Waals surface area contributed by atoms with Gasteiger partial charge in [-0.05, 0) is 24.6 Å². The number of halogens is 4. The average molecular weight is 327 g/mol. The van der Waals surface area contributed by atoms with Crippen molar-refractivity contribution in [3.05, 3.63) is 55.6 Å². The first-order chi connectivity index (χ1) is 10.6. The van der Waals surface area contributed by atoms with Crippen LogP contribution in [0, 0.1) is 24.1 Å². The van der Waals surface area contributed by atoms with Gasteiger partial charge >= 0.3 is 11.9 Å².